The van der Waals surface area contributed by atoms with Crippen LogP contribution in [0.1, 0.15) is 37.6 Å². The first kappa shape index (κ1) is 14.6. The fraction of sp³-hybridized carbons (Fsp3) is 0.714. The van der Waals surface area contributed by atoms with Crippen molar-refractivity contribution in [3.05, 3.63) is 11.4 Å². The molecule has 1 N–H and O–H groups in total. The minimum atomic E-state index is 0.395. The average Bonchev–Trinajstić information content (AvgIpc) is 2.91. The van der Waals surface area contributed by atoms with E-state index < -0.39 is 0 Å². The van der Waals surface area contributed by atoms with Crippen LogP contribution in [-0.2, 0) is 4.74 Å². The van der Waals surface area contributed by atoms with E-state index >= 15 is 0 Å². The summed E-state index contributed by atoms with van der Waals surface area (Å²) < 4.78 is 5.66. The third-order valence-electron chi connectivity index (χ3n) is 3.19. The molecule has 0 bridgehead atoms. The Labute approximate surface area is 119 Å². The molecular formula is C14H23N3OS. The number of ether oxygens (including phenoxy) is 1. The molecule has 0 spiro atoms. The summed E-state index contributed by atoms with van der Waals surface area (Å²) in [5.74, 6) is 2.80. The van der Waals surface area contributed by atoms with Gasteiger partial charge in [0, 0.05) is 24.5 Å². The van der Waals surface area contributed by atoms with Gasteiger partial charge < -0.3 is 10.1 Å². The zero-order chi connectivity index (χ0) is 13.7. The predicted octanol–water partition coefficient (Wildman–Crippen LogP) is 3.19. The zero-order valence-electron chi connectivity index (χ0n) is 12.0. The third kappa shape index (κ3) is 4.08. The van der Waals surface area contributed by atoms with Gasteiger partial charge in [0.05, 0.1) is 6.10 Å². The van der Waals surface area contributed by atoms with Crippen molar-refractivity contribution in [3.8, 4) is 0 Å². The van der Waals surface area contributed by atoms with Crippen LogP contribution in [-0.4, -0.2) is 35.0 Å². The van der Waals surface area contributed by atoms with Gasteiger partial charge >= 0.3 is 0 Å². The van der Waals surface area contributed by atoms with E-state index in [1.807, 2.05) is 6.92 Å². The lowest BCUT2D eigenvalue weighted by Crippen LogP contribution is -2.10. The molecular weight excluding hydrogens is 258 g/mol. The maximum Gasteiger partial charge on any atom is 0.133 e. The van der Waals surface area contributed by atoms with Gasteiger partial charge in [0.25, 0.3) is 0 Å². The highest BCUT2D eigenvalue weighted by atomic mass is 32.2. The van der Waals surface area contributed by atoms with E-state index in [0.29, 0.717) is 6.10 Å². The summed E-state index contributed by atoms with van der Waals surface area (Å²) in [4.78, 5) is 9.04. The minimum Gasteiger partial charge on any atom is -0.377 e. The monoisotopic (exact) mass is 281 g/mol. The van der Waals surface area contributed by atoms with Gasteiger partial charge in [-0.05, 0) is 33.1 Å². The van der Waals surface area contributed by atoms with E-state index in [0.717, 1.165) is 47.6 Å². The molecule has 5 heteroatoms. The summed E-state index contributed by atoms with van der Waals surface area (Å²) in [6, 6.07) is 0. The van der Waals surface area contributed by atoms with E-state index in [1.165, 1.54) is 12.8 Å². The molecule has 0 amide bonds. The molecule has 0 aromatic carbocycles. The standard InChI is InChI=1S/C14H23N3OS/c1-4-7-15-13-10(2)14(17-11(3)16-13)19-9-12-6-5-8-18-12/h12H,4-9H2,1-3H3,(H,15,16,17). The van der Waals surface area contributed by atoms with Gasteiger partial charge in [-0.25, -0.2) is 9.97 Å². The minimum absolute atomic E-state index is 0.395. The maximum atomic E-state index is 5.66. The average molecular weight is 281 g/mol. The smallest absolute Gasteiger partial charge is 0.133 e. The van der Waals surface area contributed by atoms with Crippen molar-refractivity contribution in [1.82, 2.24) is 9.97 Å². The second-order valence-electron chi connectivity index (χ2n) is 4.92. The lowest BCUT2D eigenvalue weighted by Gasteiger charge is -2.13. The number of hydrogen-bond donors (Lipinski definition) is 1. The van der Waals surface area contributed by atoms with E-state index in [2.05, 4.69) is 29.1 Å². The van der Waals surface area contributed by atoms with Crippen molar-refractivity contribution in [2.75, 3.05) is 24.2 Å². The lowest BCUT2D eigenvalue weighted by molar-refractivity contribution is 0.129. The molecule has 0 aliphatic carbocycles. The van der Waals surface area contributed by atoms with E-state index in [-0.39, 0.29) is 0 Å². The van der Waals surface area contributed by atoms with Gasteiger partial charge in [-0.2, -0.15) is 0 Å². The number of aryl methyl sites for hydroxylation is 1. The molecule has 4 nitrogen and oxygen atoms in total. The van der Waals surface area contributed by atoms with E-state index in [1.54, 1.807) is 11.8 Å². The molecule has 1 aromatic heterocycles. The van der Waals surface area contributed by atoms with Gasteiger partial charge in [-0.3, -0.25) is 0 Å². The van der Waals surface area contributed by atoms with Crippen LogP contribution in [0.15, 0.2) is 5.03 Å². The van der Waals surface area contributed by atoms with E-state index in [4.69, 9.17) is 4.74 Å². The predicted molar refractivity (Wildman–Crippen MR) is 80.0 cm³/mol. The Kier molecular flexibility index (Phi) is 5.45. The number of nitrogens with zero attached hydrogens (tertiary/aromatic N) is 2. The summed E-state index contributed by atoms with van der Waals surface area (Å²) in [5, 5.41) is 4.46. The summed E-state index contributed by atoms with van der Waals surface area (Å²) >= 11 is 1.79. The molecule has 0 radical (unpaired) electrons. The molecule has 1 aliphatic rings. The highest BCUT2D eigenvalue weighted by Gasteiger charge is 2.17. The van der Waals surface area contributed by atoms with Crippen LogP contribution >= 0.6 is 11.8 Å². The molecule has 1 saturated heterocycles. The molecule has 1 atom stereocenters. The van der Waals surface area contributed by atoms with Crippen LogP contribution in [0.4, 0.5) is 5.82 Å². The first-order valence-electron chi connectivity index (χ1n) is 7.04. The summed E-state index contributed by atoms with van der Waals surface area (Å²) in [6.07, 6.45) is 3.86. The SMILES string of the molecule is CCCNc1nc(C)nc(SCC2CCCO2)c1C. The van der Waals surface area contributed by atoms with Crippen LogP contribution in [0.3, 0.4) is 0 Å². The highest BCUT2D eigenvalue weighted by molar-refractivity contribution is 7.99. The second-order valence-corrected chi connectivity index (χ2v) is 5.93. The molecule has 1 unspecified atom stereocenters. The van der Waals surface area contributed by atoms with Crippen LogP contribution in [0, 0.1) is 13.8 Å². The third-order valence-corrected chi connectivity index (χ3v) is 4.39. The van der Waals surface area contributed by atoms with Crippen molar-refractivity contribution in [2.24, 2.45) is 0 Å². The first-order valence-corrected chi connectivity index (χ1v) is 8.02. The largest absolute Gasteiger partial charge is 0.377 e. The Bertz CT molecular complexity index is 419. The van der Waals surface area contributed by atoms with Crippen LogP contribution in [0.25, 0.3) is 0 Å². The topological polar surface area (TPSA) is 47.0 Å². The van der Waals surface area contributed by atoms with Gasteiger partial charge in [-0.15, -0.1) is 11.8 Å². The number of thioether (sulfide) groups is 1. The van der Waals surface area contributed by atoms with Gasteiger partial charge in [0.1, 0.15) is 16.7 Å². The first-order chi connectivity index (χ1) is 9.20. The number of nitrogens with one attached hydrogen (secondary N) is 1. The number of aromatic nitrogens is 2. The number of hydrogen-bond acceptors (Lipinski definition) is 5. The quantitative estimate of drug-likeness (QED) is 0.641. The summed E-state index contributed by atoms with van der Waals surface area (Å²) in [6.45, 7) is 8.06. The molecule has 0 saturated carbocycles. The number of rotatable bonds is 6. The van der Waals surface area contributed by atoms with Gasteiger partial charge in [0.2, 0.25) is 0 Å². The van der Waals surface area contributed by atoms with Gasteiger partial charge in [0.15, 0.2) is 0 Å². The normalized spacial score (nSPS) is 18.8. The Balaban J connectivity index is 2.03. The molecule has 106 valence electrons. The van der Waals surface area contributed by atoms with Crippen LogP contribution in [0.5, 0.6) is 0 Å². The Morgan fingerprint density at radius 3 is 2.89 bits per heavy atom. The molecule has 1 fully saturated rings. The van der Waals surface area contributed by atoms with Crippen molar-refractivity contribution in [3.63, 3.8) is 0 Å². The van der Waals surface area contributed by atoms with Crippen molar-refractivity contribution < 1.29 is 4.74 Å². The maximum absolute atomic E-state index is 5.66. The summed E-state index contributed by atoms with van der Waals surface area (Å²) in [5.41, 5.74) is 1.15. The van der Waals surface area contributed by atoms with Crippen molar-refractivity contribution in [1.29, 1.82) is 0 Å². The van der Waals surface area contributed by atoms with Gasteiger partial charge in [-0.1, -0.05) is 6.92 Å². The molecule has 19 heavy (non-hydrogen) atoms. The molecule has 2 rings (SSSR count). The van der Waals surface area contributed by atoms with E-state index in [9.17, 15) is 0 Å². The van der Waals surface area contributed by atoms with Crippen molar-refractivity contribution >= 4 is 17.6 Å². The van der Waals surface area contributed by atoms with Crippen LogP contribution < -0.4 is 5.32 Å². The Morgan fingerprint density at radius 1 is 1.37 bits per heavy atom. The lowest BCUT2D eigenvalue weighted by atomic mass is 10.3. The fourth-order valence-electron chi connectivity index (χ4n) is 2.11. The highest BCUT2D eigenvalue weighted by Crippen LogP contribution is 2.27. The second kappa shape index (κ2) is 7.10. The Morgan fingerprint density at radius 2 is 2.21 bits per heavy atom. The van der Waals surface area contributed by atoms with Crippen LogP contribution in [0.2, 0.25) is 0 Å². The molecule has 2 heterocycles. The summed E-state index contributed by atoms with van der Waals surface area (Å²) in [7, 11) is 0. The Hall–Kier alpha value is -0.810. The molecule has 1 aromatic rings. The number of anilines is 1. The van der Waals surface area contributed by atoms with Crippen molar-refractivity contribution in [2.45, 2.75) is 51.2 Å². The zero-order valence-corrected chi connectivity index (χ0v) is 12.8. The molecule has 1 aliphatic heterocycles. The fourth-order valence-corrected chi connectivity index (χ4v) is 3.22.